The van der Waals surface area contributed by atoms with E-state index in [9.17, 15) is 14.7 Å². The van der Waals surface area contributed by atoms with Crippen molar-refractivity contribution in [2.45, 2.75) is 3.42 Å². The van der Waals surface area contributed by atoms with Crippen molar-refractivity contribution in [2.24, 2.45) is 23.1 Å². The second-order valence-electron chi connectivity index (χ2n) is 4.66. The van der Waals surface area contributed by atoms with Crippen molar-refractivity contribution in [1.29, 1.82) is 0 Å². The predicted octanol–water partition coefficient (Wildman–Crippen LogP) is 0.545. The molecule has 1 aliphatic rings. The van der Waals surface area contributed by atoms with Gasteiger partial charge in [-0.15, -0.1) is 0 Å². The van der Waals surface area contributed by atoms with Gasteiger partial charge in [0.2, 0.25) is 5.91 Å². The fraction of sp³-hybridized carbons (Fsp3) is 0.500. The fourth-order valence-electron chi connectivity index (χ4n) is 2.10. The van der Waals surface area contributed by atoms with Crippen molar-refractivity contribution in [3.05, 3.63) is 18.9 Å². The number of alkyl halides is 1. The van der Waals surface area contributed by atoms with Crippen LogP contribution in [-0.4, -0.2) is 51.5 Å². The zero-order chi connectivity index (χ0) is 17.1. The van der Waals surface area contributed by atoms with Crippen LogP contribution in [0.5, 0.6) is 0 Å². The summed E-state index contributed by atoms with van der Waals surface area (Å²) < 4.78 is -0.218. The summed E-state index contributed by atoms with van der Waals surface area (Å²) in [5.74, 6) is -2.29. The number of carboxylic acid groups (broad SMARTS) is 1. The maximum Gasteiger partial charge on any atom is 0.324 e. The summed E-state index contributed by atoms with van der Waals surface area (Å²) in [5.41, 5.74) is 17.5. The van der Waals surface area contributed by atoms with Gasteiger partial charge in [0.05, 0.1) is 11.6 Å². The van der Waals surface area contributed by atoms with E-state index in [0.717, 1.165) is 0 Å². The zero-order valence-electron chi connectivity index (χ0n) is 11.6. The molecule has 124 valence electrons. The van der Waals surface area contributed by atoms with Gasteiger partial charge in [-0.25, -0.2) is 0 Å². The third-order valence-electron chi connectivity index (χ3n) is 3.21. The minimum Gasteiger partial charge on any atom is -0.480 e. The van der Waals surface area contributed by atoms with E-state index in [1.54, 1.807) is 22.6 Å². The smallest absolute Gasteiger partial charge is 0.324 e. The number of carbonyl (C=O) groups is 2. The number of carboxylic acids is 1. The number of carbonyl (C=O) groups excluding carboxylic acids is 1. The molecule has 0 radical (unpaired) electrons. The first-order valence-electron chi connectivity index (χ1n) is 6.35. The van der Waals surface area contributed by atoms with E-state index in [2.05, 4.69) is 0 Å². The van der Waals surface area contributed by atoms with Crippen molar-refractivity contribution in [3.63, 3.8) is 0 Å². The molecule has 2 unspecified atom stereocenters. The molecule has 0 aromatic rings. The van der Waals surface area contributed by atoms with E-state index in [0.29, 0.717) is 25.9 Å². The molecule has 0 aliphatic heterocycles. The molecule has 0 bridgehead atoms. The van der Waals surface area contributed by atoms with Gasteiger partial charge in [0, 0.05) is 33.3 Å². The van der Waals surface area contributed by atoms with Gasteiger partial charge >= 0.3 is 5.97 Å². The average Bonchev–Trinajstić information content (AvgIpc) is 2.44. The molecule has 0 saturated carbocycles. The quantitative estimate of drug-likeness (QED) is 0.246. The first-order chi connectivity index (χ1) is 10.2. The topological polar surface area (TPSA) is 136 Å². The van der Waals surface area contributed by atoms with Gasteiger partial charge in [0.25, 0.3) is 0 Å². The van der Waals surface area contributed by atoms with Crippen LogP contribution in [0.15, 0.2) is 18.9 Å². The van der Waals surface area contributed by atoms with Crippen LogP contribution in [0.3, 0.4) is 0 Å². The number of hydrogen-bond donors (Lipinski definition) is 4. The SMILES string of the molecule is NCCN(CCN)C(=O)C1C(I)=C(N)C(I)=CC1(I)C(=O)O. The largest absolute Gasteiger partial charge is 0.480 e. The van der Waals surface area contributed by atoms with E-state index in [4.69, 9.17) is 17.2 Å². The van der Waals surface area contributed by atoms with Crippen molar-refractivity contribution in [3.8, 4) is 0 Å². The number of rotatable bonds is 6. The first-order valence-corrected chi connectivity index (χ1v) is 9.59. The number of halogens is 3. The monoisotopic (exact) mass is 646 g/mol. The summed E-state index contributed by atoms with van der Waals surface area (Å²) in [6, 6.07) is 0. The van der Waals surface area contributed by atoms with Gasteiger partial charge in [-0.3, -0.25) is 9.59 Å². The lowest BCUT2D eigenvalue weighted by atomic mass is 9.86. The number of nitrogens with two attached hydrogens (primary N) is 3. The summed E-state index contributed by atoms with van der Waals surface area (Å²) >= 11 is 5.74. The number of hydrogen-bond acceptors (Lipinski definition) is 5. The highest BCUT2D eigenvalue weighted by molar-refractivity contribution is 14.1. The Bertz CT molecular complexity index is 532. The van der Waals surface area contributed by atoms with Gasteiger partial charge in [-0.1, -0.05) is 22.6 Å². The van der Waals surface area contributed by atoms with Gasteiger partial charge in [-0.2, -0.15) is 0 Å². The maximum atomic E-state index is 12.9. The average molecular weight is 646 g/mol. The molecule has 0 aromatic heterocycles. The summed E-state index contributed by atoms with van der Waals surface area (Å²) in [6.07, 6.45) is 1.53. The zero-order valence-corrected chi connectivity index (χ0v) is 18.0. The molecule has 2 atom stereocenters. The number of aliphatic carboxylic acids is 1. The third kappa shape index (κ3) is 4.05. The Balaban J connectivity index is 3.32. The van der Waals surface area contributed by atoms with Crippen LogP contribution in [-0.2, 0) is 9.59 Å². The number of amides is 1. The molecule has 0 spiro atoms. The molecular weight excluding hydrogens is 629 g/mol. The first kappa shape index (κ1) is 20.4. The van der Waals surface area contributed by atoms with Crippen LogP contribution in [0.2, 0.25) is 0 Å². The summed E-state index contributed by atoms with van der Waals surface area (Å²) in [4.78, 5) is 26.2. The van der Waals surface area contributed by atoms with Crippen LogP contribution >= 0.6 is 67.8 Å². The van der Waals surface area contributed by atoms with E-state index < -0.39 is 15.3 Å². The lowest BCUT2D eigenvalue weighted by Crippen LogP contribution is -2.52. The van der Waals surface area contributed by atoms with Gasteiger partial charge in [0.15, 0.2) is 3.42 Å². The molecule has 22 heavy (non-hydrogen) atoms. The van der Waals surface area contributed by atoms with Crippen LogP contribution in [0.25, 0.3) is 0 Å². The summed E-state index contributed by atoms with van der Waals surface area (Å²) in [6.45, 7) is 1.21. The van der Waals surface area contributed by atoms with E-state index >= 15 is 0 Å². The molecule has 1 amide bonds. The molecule has 7 nitrogen and oxygen atoms in total. The lowest BCUT2D eigenvalue weighted by Gasteiger charge is -2.36. The standard InChI is InChI=1S/C12H17I3N4O3/c13-6-5-12(15,11(21)22)7(8(14)9(6)18)10(20)19(3-1-16)4-2-17/h5,7H,1-4,16-18H2,(H,21,22). The van der Waals surface area contributed by atoms with Crippen molar-refractivity contribution < 1.29 is 14.7 Å². The Hall–Kier alpha value is 0.330. The Kier molecular flexibility index (Phi) is 7.81. The molecule has 7 N–H and O–H groups in total. The van der Waals surface area contributed by atoms with E-state index in [1.165, 1.54) is 11.0 Å². The molecule has 0 saturated heterocycles. The Labute approximate surface area is 169 Å². The van der Waals surface area contributed by atoms with E-state index in [-0.39, 0.29) is 19.0 Å². The summed E-state index contributed by atoms with van der Waals surface area (Å²) in [5, 5.41) is 9.64. The highest BCUT2D eigenvalue weighted by Crippen LogP contribution is 2.46. The van der Waals surface area contributed by atoms with E-state index in [1.807, 2.05) is 45.2 Å². The van der Waals surface area contributed by atoms with Gasteiger partial charge in [0.1, 0.15) is 0 Å². The highest BCUT2D eigenvalue weighted by atomic mass is 127. The second kappa shape index (κ2) is 8.43. The normalized spacial score (nSPS) is 25.0. The van der Waals surface area contributed by atoms with Crippen LogP contribution in [0.1, 0.15) is 0 Å². The van der Waals surface area contributed by atoms with Gasteiger partial charge < -0.3 is 27.2 Å². The molecule has 0 aromatic carbocycles. The number of allylic oxidation sites excluding steroid dienone is 1. The molecule has 10 heteroatoms. The minimum absolute atomic E-state index is 0.281. The maximum absolute atomic E-state index is 12.9. The Morgan fingerprint density at radius 2 is 1.77 bits per heavy atom. The molecule has 0 fully saturated rings. The van der Waals surface area contributed by atoms with Crippen LogP contribution < -0.4 is 17.2 Å². The third-order valence-corrected chi connectivity index (χ3v) is 6.70. The van der Waals surface area contributed by atoms with Crippen LogP contribution in [0.4, 0.5) is 0 Å². The van der Waals surface area contributed by atoms with Crippen LogP contribution in [0, 0.1) is 5.92 Å². The van der Waals surface area contributed by atoms with Crippen molar-refractivity contribution in [1.82, 2.24) is 4.90 Å². The molecule has 0 heterocycles. The van der Waals surface area contributed by atoms with Gasteiger partial charge in [-0.05, 0) is 51.3 Å². The van der Waals surface area contributed by atoms with Crippen molar-refractivity contribution >= 4 is 79.6 Å². The lowest BCUT2D eigenvalue weighted by molar-refractivity contribution is -0.144. The minimum atomic E-state index is -1.38. The molecular formula is C12H17I3N4O3. The fourth-order valence-corrected chi connectivity index (χ4v) is 6.53. The Morgan fingerprint density at radius 1 is 1.27 bits per heavy atom. The highest BCUT2D eigenvalue weighted by Gasteiger charge is 2.51. The summed E-state index contributed by atoms with van der Waals surface area (Å²) in [7, 11) is 0. The van der Waals surface area contributed by atoms with Crippen molar-refractivity contribution in [2.75, 3.05) is 26.2 Å². The molecule has 1 rings (SSSR count). The number of nitrogens with zero attached hydrogens (tertiary/aromatic N) is 1. The molecule has 1 aliphatic carbocycles. The predicted molar refractivity (Wildman–Crippen MR) is 110 cm³/mol. The Morgan fingerprint density at radius 3 is 2.18 bits per heavy atom. The second-order valence-corrected chi connectivity index (χ2v) is 8.77.